The van der Waals surface area contributed by atoms with Crippen LogP contribution in [-0.2, 0) is 14.8 Å². The smallest absolute Gasteiger partial charge is 0.261 e. The fraction of sp³-hybridized carbons (Fsp3) is 0.583. The van der Waals surface area contributed by atoms with Gasteiger partial charge in [-0.05, 0) is 19.9 Å². The molecule has 6 nitrogen and oxygen atoms in total. The number of sulfonamides is 1. The highest BCUT2D eigenvalue weighted by atomic mass is 32.2. The molecule has 0 saturated carbocycles. The van der Waals surface area contributed by atoms with Crippen molar-refractivity contribution in [3.05, 3.63) is 16.3 Å². The maximum absolute atomic E-state index is 12.5. The Morgan fingerprint density at radius 1 is 1.40 bits per heavy atom. The molecule has 1 saturated heterocycles. The standard InChI is InChI=1S/C12H18N2O4S2/c1-8-5-14(6-9(2)18-8)20(16,17)10-4-11(19-7-10)12(15)13-3/h4,7-9H,5-6H2,1-3H3,(H,13,15)/t8-,9-/m1/s1. The number of hydrogen-bond acceptors (Lipinski definition) is 5. The molecular weight excluding hydrogens is 300 g/mol. The number of ether oxygens (including phenoxy) is 1. The maximum Gasteiger partial charge on any atom is 0.261 e. The van der Waals surface area contributed by atoms with E-state index in [1.807, 2.05) is 13.8 Å². The van der Waals surface area contributed by atoms with Gasteiger partial charge in [-0.15, -0.1) is 11.3 Å². The summed E-state index contributed by atoms with van der Waals surface area (Å²) in [4.78, 5) is 12.1. The number of hydrogen-bond donors (Lipinski definition) is 1. The van der Waals surface area contributed by atoms with Gasteiger partial charge in [-0.25, -0.2) is 8.42 Å². The summed E-state index contributed by atoms with van der Waals surface area (Å²) in [7, 11) is -2.05. The SMILES string of the molecule is CNC(=O)c1cc(S(=O)(=O)N2C[C@@H](C)O[C@H](C)C2)cs1. The van der Waals surface area contributed by atoms with E-state index in [0.717, 1.165) is 11.3 Å². The molecule has 2 rings (SSSR count). The van der Waals surface area contributed by atoms with Gasteiger partial charge in [0, 0.05) is 25.5 Å². The summed E-state index contributed by atoms with van der Waals surface area (Å²) in [5.74, 6) is -0.278. The Bertz CT molecular complexity index is 586. The third kappa shape index (κ3) is 3.03. The molecule has 0 spiro atoms. The van der Waals surface area contributed by atoms with Crippen molar-refractivity contribution in [1.82, 2.24) is 9.62 Å². The van der Waals surface area contributed by atoms with Crippen molar-refractivity contribution in [1.29, 1.82) is 0 Å². The van der Waals surface area contributed by atoms with E-state index < -0.39 is 10.0 Å². The first-order chi connectivity index (χ1) is 9.34. The topological polar surface area (TPSA) is 75.7 Å². The van der Waals surface area contributed by atoms with Crippen LogP contribution in [-0.4, -0.2) is 51.0 Å². The Morgan fingerprint density at radius 2 is 2.00 bits per heavy atom. The van der Waals surface area contributed by atoms with Crippen LogP contribution in [0.4, 0.5) is 0 Å². The summed E-state index contributed by atoms with van der Waals surface area (Å²) in [6, 6.07) is 1.42. The zero-order valence-electron chi connectivity index (χ0n) is 11.6. The molecule has 1 aliphatic heterocycles. The normalized spacial score (nSPS) is 24.6. The van der Waals surface area contributed by atoms with Crippen molar-refractivity contribution in [2.45, 2.75) is 31.0 Å². The molecule has 20 heavy (non-hydrogen) atoms. The molecule has 1 aromatic rings. The van der Waals surface area contributed by atoms with Gasteiger partial charge in [-0.1, -0.05) is 0 Å². The van der Waals surface area contributed by atoms with Crippen LogP contribution in [0.2, 0.25) is 0 Å². The first kappa shape index (κ1) is 15.4. The molecule has 0 unspecified atom stereocenters. The number of rotatable bonds is 3. The lowest BCUT2D eigenvalue weighted by molar-refractivity contribution is -0.0440. The number of carbonyl (C=O) groups is 1. The monoisotopic (exact) mass is 318 g/mol. The second-order valence-electron chi connectivity index (χ2n) is 4.81. The summed E-state index contributed by atoms with van der Waals surface area (Å²) in [5.41, 5.74) is 0. The molecule has 0 aromatic carbocycles. The van der Waals surface area contributed by atoms with Gasteiger partial charge in [0.25, 0.3) is 5.91 Å². The van der Waals surface area contributed by atoms with Crippen molar-refractivity contribution >= 4 is 27.3 Å². The van der Waals surface area contributed by atoms with Crippen LogP contribution in [0.25, 0.3) is 0 Å². The molecule has 1 N–H and O–H groups in total. The van der Waals surface area contributed by atoms with E-state index in [2.05, 4.69) is 5.32 Å². The second-order valence-corrected chi connectivity index (χ2v) is 7.65. The minimum absolute atomic E-state index is 0.134. The molecule has 112 valence electrons. The minimum Gasteiger partial charge on any atom is -0.373 e. The largest absolute Gasteiger partial charge is 0.373 e. The van der Waals surface area contributed by atoms with E-state index in [1.54, 1.807) is 0 Å². The zero-order valence-corrected chi connectivity index (χ0v) is 13.3. The van der Waals surface area contributed by atoms with E-state index >= 15 is 0 Å². The Balaban J connectivity index is 2.26. The van der Waals surface area contributed by atoms with Crippen molar-refractivity contribution in [3.63, 3.8) is 0 Å². The number of morpholine rings is 1. The van der Waals surface area contributed by atoms with E-state index in [9.17, 15) is 13.2 Å². The van der Waals surface area contributed by atoms with Gasteiger partial charge in [-0.2, -0.15) is 4.31 Å². The van der Waals surface area contributed by atoms with Crippen LogP contribution < -0.4 is 5.32 Å². The second kappa shape index (κ2) is 5.80. The molecular formula is C12H18N2O4S2. The summed E-state index contributed by atoms with van der Waals surface area (Å²) in [5, 5.41) is 3.99. The molecule has 8 heteroatoms. The van der Waals surface area contributed by atoms with Crippen LogP contribution in [0.1, 0.15) is 23.5 Å². The van der Waals surface area contributed by atoms with Crippen LogP contribution in [0.5, 0.6) is 0 Å². The lowest BCUT2D eigenvalue weighted by atomic mass is 10.3. The summed E-state index contributed by atoms with van der Waals surface area (Å²) in [6.07, 6.45) is -0.267. The number of amides is 1. The summed E-state index contributed by atoms with van der Waals surface area (Å²) in [6.45, 7) is 4.36. The third-order valence-electron chi connectivity index (χ3n) is 3.05. The van der Waals surface area contributed by atoms with Gasteiger partial charge in [0.15, 0.2) is 0 Å². The van der Waals surface area contributed by atoms with Gasteiger partial charge in [0.05, 0.1) is 22.0 Å². The van der Waals surface area contributed by atoms with Crippen molar-refractivity contribution in [2.75, 3.05) is 20.1 Å². The lowest BCUT2D eigenvalue weighted by Crippen LogP contribution is -2.47. The van der Waals surface area contributed by atoms with E-state index in [-0.39, 0.29) is 23.0 Å². The van der Waals surface area contributed by atoms with Gasteiger partial charge >= 0.3 is 0 Å². The van der Waals surface area contributed by atoms with E-state index in [1.165, 1.54) is 22.8 Å². The third-order valence-corrected chi connectivity index (χ3v) is 5.94. The summed E-state index contributed by atoms with van der Waals surface area (Å²) >= 11 is 1.13. The predicted octanol–water partition coefficient (Wildman–Crippen LogP) is 0.906. The Hall–Kier alpha value is -0.960. The molecule has 1 aromatic heterocycles. The minimum atomic E-state index is -3.57. The quantitative estimate of drug-likeness (QED) is 0.898. The fourth-order valence-electron chi connectivity index (χ4n) is 2.17. The average molecular weight is 318 g/mol. The Morgan fingerprint density at radius 3 is 2.55 bits per heavy atom. The lowest BCUT2D eigenvalue weighted by Gasteiger charge is -2.34. The maximum atomic E-state index is 12.5. The molecule has 1 aliphatic rings. The molecule has 0 radical (unpaired) electrons. The molecule has 2 atom stereocenters. The zero-order chi connectivity index (χ0) is 14.9. The van der Waals surface area contributed by atoms with E-state index in [0.29, 0.717) is 18.0 Å². The van der Waals surface area contributed by atoms with Crippen molar-refractivity contribution in [2.24, 2.45) is 0 Å². The van der Waals surface area contributed by atoms with E-state index in [4.69, 9.17) is 4.74 Å². The van der Waals surface area contributed by atoms with Gasteiger partial charge in [-0.3, -0.25) is 4.79 Å². The van der Waals surface area contributed by atoms with Gasteiger partial charge < -0.3 is 10.1 Å². The Kier molecular flexibility index (Phi) is 4.48. The molecule has 0 bridgehead atoms. The number of nitrogens with one attached hydrogen (secondary N) is 1. The predicted molar refractivity (Wildman–Crippen MR) is 76.5 cm³/mol. The number of carbonyl (C=O) groups excluding carboxylic acids is 1. The number of nitrogens with zero attached hydrogens (tertiary/aromatic N) is 1. The van der Waals surface area contributed by atoms with Crippen LogP contribution in [0, 0.1) is 0 Å². The van der Waals surface area contributed by atoms with Crippen LogP contribution in [0.3, 0.4) is 0 Å². The Labute approximate surface area is 122 Å². The fourth-order valence-corrected chi connectivity index (χ4v) is 4.97. The van der Waals surface area contributed by atoms with Crippen molar-refractivity contribution in [3.8, 4) is 0 Å². The van der Waals surface area contributed by atoms with Crippen LogP contribution in [0.15, 0.2) is 16.3 Å². The molecule has 2 heterocycles. The summed E-state index contributed by atoms with van der Waals surface area (Å²) < 4.78 is 32.1. The average Bonchev–Trinajstić information content (AvgIpc) is 2.86. The van der Waals surface area contributed by atoms with Gasteiger partial charge in [0.2, 0.25) is 10.0 Å². The highest BCUT2D eigenvalue weighted by molar-refractivity contribution is 7.89. The molecule has 0 aliphatic carbocycles. The molecule has 1 fully saturated rings. The first-order valence-electron chi connectivity index (χ1n) is 6.31. The van der Waals surface area contributed by atoms with Crippen LogP contribution >= 0.6 is 11.3 Å². The van der Waals surface area contributed by atoms with Gasteiger partial charge in [0.1, 0.15) is 0 Å². The first-order valence-corrected chi connectivity index (χ1v) is 8.62. The molecule has 1 amide bonds. The highest BCUT2D eigenvalue weighted by Gasteiger charge is 2.33. The van der Waals surface area contributed by atoms with Crippen molar-refractivity contribution < 1.29 is 17.9 Å². The highest BCUT2D eigenvalue weighted by Crippen LogP contribution is 2.25. The number of thiophene rings is 1.